The van der Waals surface area contributed by atoms with Crippen molar-refractivity contribution in [1.82, 2.24) is 9.88 Å². The first-order valence-electron chi connectivity index (χ1n) is 9.87. The molecule has 7 nitrogen and oxygen atoms in total. The molecule has 3 heterocycles. The Morgan fingerprint density at radius 2 is 1.76 bits per heavy atom. The van der Waals surface area contributed by atoms with E-state index in [4.69, 9.17) is 9.47 Å². The summed E-state index contributed by atoms with van der Waals surface area (Å²) in [5.74, 6) is -0.944. The number of pyridine rings is 1. The quantitative estimate of drug-likeness (QED) is 0.864. The highest BCUT2D eigenvalue weighted by Gasteiger charge is 2.40. The summed E-state index contributed by atoms with van der Waals surface area (Å²) in [5.41, 5.74) is 3.63. The second kappa shape index (κ2) is 7.93. The van der Waals surface area contributed by atoms with E-state index in [-0.39, 0.29) is 11.8 Å². The fourth-order valence-electron chi connectivity index (χ4n) is 3.78. The number of likely N-dealkylation sites (tertiary alicyclic amines) is 1. The Morgan fingerprint density at radius 3 is 2.48 bits per heavy atom. The van der Waals surface area contributed by atoms with Crippen molar-refractivity contribution in [3.63, 3.8) is 0 Å². The molecule has 1 N–H and O–H groups in total. The van der Waals surface area contributed by atoms with Gasteiger partial charge in [-0.05, 0) is 37.1 Å². The fraction of sp³-hybridized carbons (Fsp3) is 0.409. The van der Waals surface area contributed by atoms with Gasteiger partial charge < -0.3 is 19.7 Å². The van der Waals surface area contributed by atoms with E-state index in [0.29, 0.717) is 50.3 Å². The van der Waals surface area contributed by atoms with Crippen LogP contribution in [0, 0.1) is 13.8 Å². The number of hydrogen-bond acceptors (Lipinski definition) is 5. The monoisotopic (exact) mass is 395 g/mol. The normalized spacial score (nSPS) is 18.1. The van der Waals surface area contributed by atoms with Crippen molar-refractivity contribution in [2.24, 2.45) is 0 Å². The molecule has 2 aliphatic rings. The molecule has 0 atom stereocenters. The standard InChI is InChI=1S/C22H25N3O4/c1-15-4-3-5-19(16(15)2)24-20(26)17-12-18(14-23-13-17)21(27)25-8-6-22(7-9-25)28-10-11-29-22/h3-5,12-14H,6-11H2,1-2H3,(H,24,26). The molecule has 1 spiro atoms. The molecule has 0 aliphatic carbocycles. The van der Waals surface area contributed by atoms with E-state index in [2.05, 4.69) is 10.3 Å². The molecule has 152 valence electrons. The number of nitrogens with zero attached hydrogens (tertiary/aromatic N) is 2. The van der Waals surface area contributed by atoms with Gasteiger partial charge >= 0.3 is 0 Å². The number of carbonyl (C=O) groups is 2. The Bertz CT molecular complexity index is 927. The average Bonchev–Trinajstić information content (AvgIpc) is 3.19. The average molecular weight is 395 g/mol. The van der Waals surface area contributed by atoms with Crippen LogP contribution in [0.5, 0.6) is 0 Å². The van der Waals surface area contributed by atoms with Gasteiger partial charge in [-0.3, -0.25) is 14.6 Å². The Labute approximate surface area is 170 Å². The number of ether oxygens (including phenoxy) is 2. The summed E-state index contributed by atoms with van der Waals surface area (Å²) in [7, 11) is 0. The van der Waals surface area contributed by atoms with Crippen LogP contribution in [0.25, 0.3) is 0 Å². The minimum absolute atomic E-state index is 0.133. The van der Waals surface area contributed by atoms with Crippen LogP contribution in [0.3, 0.4) is 0 Å². The summed E-state index contributed by atoms with van der Waals surface area (Å²) in [6, 6.07) is 7.36. The smallest absolute Gasteiger partial charge is 0.257 e. The molecule has 1 aromatic heterocycles. The van der Waals surface area contributed by atoms with Crippen LogP contribution in [0.4, 0.5) is 5.69 Å². The molecule has 2 saturated heterocycles. The third-order valence-electron chi connectivity index (χ3n) is 5.73. The topological polar surface area (TPSA) is 80.8 Å². The first-order chi connectivity index (χ1) is 14.0. The number of piperidine rings is 1. The first kappa shape index (κ1) is 19.5. The lowest BCUT2D eigenvalue weighted by atomic mass is 10.0. The van der Waals surface area contributed by atoms with Gasteiger partial charge in [0.25, 0.3) is 11.8 Å². The number of benzene rings is 1. The highest BCUT2D eigenvalue weighted by atomic mass is 16.7. The molecule has 2 fully saturated rings. The van der Waals surface area contributed by atoms with Crippen molar-refractivity contribution in [3.8, 4) is 0 Å². The Morgan fingerprint density at radius 1 is 1.07 bits per heavy atom. The summed E-state index contributed by atoms with van der Waals surface area (Å²) in [5, 5.41) is 2.91. The van der Waals surface area contributed by atoms with E-state index in [1.54, 1.807) is 11.0 Å². The number of carbonyl (C=O) groups excluding carboxylic acids is 2. The highest BCUT2D eigenvalue weighted by Crippen LogP contribution is 2.31. The highest BCUT2D eigenvalue weighted by molar-refractivity contribution is 6.06. The van der Waals surface area contributed by atoms with Crippen LogP contribution >= 0.6 is 0 Å². The third kappa shape index (κ3) is 4.02. The maximum Gasteiger partial charge on any atom is 0.257 e. The molecule has 0 saturated carbocycles. The van der Waals surface area contributed by atoms with Gasteiger partial charge in [-0.2, -0.15) is 0 Å². The van der Waals surface area contributed by atoms with Gasteiger partial charge in [0.1, 0.15) is 0 Å². The maximum atomic E-state index is 12.9. The van der Waals surface area contributed by atoms with Crippen molar-refractivity contribution in [1.29, 1.82) is 0 Å². The van der Waals surface area contributed by atoms with Gasteiger partial charge in [0, 0.05) is 44.0 Å². The summed E-state index contributed by atoms with van der Waals surface area (Å²) < 4.78 is 11.4. The molecular formula is C22H25N3O4. The number of amides is 2. The molecule has 29 heavy (non-hydrogen) atoms. The molecule has 2 amide bonds. The number of rotatable bonds is 3. The number of anilines is 1. The van der Waals surface area contributed by atoms with Crippen LogP contribution < -0.4 is 5.32 Å². The van der Waals surface area contributed by atoms with Crippen LogP contribution in [0.2, 0.25) is 0 Å². The minimum Gasteiger partial charge on any atom is -0.347 e. The summed E-state index contributed by atoms with van der Waals surface area (Å²) >= 11 is 0. The zero-order chi connectivity index (χ0) is 20.4. The molecule has 0 unspecified atom stereocenters. The zero-order valence-electron chi connectivity index (χ0n) is 16.7. The van der Waals surface area contributed by atoms with E-state index in [0.717, 1.165) is 16.8 Å². The van der Waals surface area contributed by atoms with Crippen LogP contribution in [-0.4, -0.2) is 53.8 Å². The molecular weight excluding hydrogens is 370 g/mol. The van der Waals surface area contributed by atoms with E-state index in [1.165, 1.54) is 12.4 Å². The number of nitrogens with one attached hydrogen (secondary N) is 1. The first-order valence-corrected chi connectivity index (χ1v) is 9.87. The van der Waals surface area contributed by atoms with Gasteiger partial charge in [0.2, 0.25) is 0 Å². The summed E-state index contributed by atoms with van der Waals surface area (Å²) in [6.07, 6.45) is 4.28. The van der Waals surface area contributed by atoms with Crippen molar-refractivity contribution in [3.05, 3.63) is 58.9 Å². The molecule has 1 aromatic carbocycles. The van der Waals surface area contributed by atoms with E-state index in [9.17, 15) is 9.59 Å². The summed E-state index contributed by atoms with van der Waals surface area (Å²) in [6.45, 7) is 6.28. The van der Waals surface area contributed by atoms with Gasteiger partial charge in [0.15, 0.2) is 5.79 Å². The van der Waals surface area contributed by atoms with Crippen LogP contribution in [0.1, 0.15) is 44.7 Å². The molecule has 2 aliphatic heterocycles. The van der Waals surface area contributed by atoms with Crippen molar-refractivity contribution in [2.45, 2.75) is 32.5 Å². The maximum absolute atomic E-state index is 12.9. The fourth-order valence-corrected chi connectivity index (χ4v) is 3.78. The van der Waals surface area contributed by atoms with Crippen molar-refractivity contribution < 1.29 is 19.1 Å². The number of aromatic nitrogens is 1. The predicted molar refractivity (Wildman–Crippen MR) is 108 cm³/mol. The third-order valence-corrected chi connectivity index (χ3v) is 5.73. The van der Waals surface area contributed by atoms with E-state index < -0.39 is 5.79 Å². The Kier molecular flexibility index (Phi) is 5.34. The molecule has 0 radical (unpaired) electrons. The molecule has 4 rings (SSSR count). The SMILES string of the molecule is Cc1cccc(NC(=O)c2cncc(C(=O)N3CCC4(CC3)OCCO4)c2)c1C. The molecule has 2 aromatic rings. The lowest BCUT2D eigenvalue weighted by Gasteiger charge is -2.37. The number of hydrogen-bond donors (Lipinski definition) is 1. The molecule has 0 bridgehead atoms. The Hall–Kier alpha value is -2.77. The second-order valence-electron chi connectivity index (χ2n) is 7.56. The van der Waals surface area contributed by atoms with Crippen molar-refractivity contribution in [2.75, 3.05) is 31.6 Å². The number of aryl methyl sites for hydroxylation is 1. The minimum atomic E-state index is -0.525. The lowest BCUT2D eigenvalue weighted by molar-refractivity contribution is -0.181. The van der Waals surface area contributed by atoms with Gasteiger partial charge in [-0.1, -0.05) is 12.1 Å². The lowest BCUT2D eigenvalue weighted by Crippen LogP contribution is -2.47. The van der Waals surface area contributed by atoms with Gasteiger partial charge in [0.05, 0.1) is 24.3 Å². The van der Waals surface area contributed by atoms with Gasteiger partial charge in [-0.25, -0.2) is 0 Å². The zero-order valence-corrected chi connectivity index (χ0v) is 16.7. The Balaban J connectivity index is 1.45. The molecule has 7 heteroatoms. The van der Waals surface area contributed by atoms with Crippen LogP contribution in [0.15, 0.2) is 36.7 Å². The summed E-state index contributed by atoms with van der Waals surface area (Å²) in [4.78, 5) is 31.5. The second-order valence-corrected chi connectivity index (χ2v) is 7.56. The van der Waals surface area contributed by atoms with Crippen molar-refractivity contribution >= 4 is 17.5 Å². The van der Waals surface area contributed by atoms with Crippen LogP contribution in [-0.2, 0) is 9.47 Å². The van der Waals surface area contributed by atoms with E-state index >= 15 is 0 Å². The van der Waals surface area contributed by atoms with Gasteiger partial charge in [-0.15, -0.1) is 0 Å². The van der Waals surface area contributed by atoms with E-state index in [1.807, 2.05) is 32.0 Å². The largest absolute Gasteiger partial charge is 0.347 e. The predicted octanol–water partition coefficient (Wildman–Crippen LogP) is 2.93.